The van der Waals surface area contributed by atoms with Gasteiger partial charge in [-0.05, 0) is 19.3 Å². The first-order valence-electron chi connectivity index (χ1n) is 4.62. The molecule has 0 saturated carbocycles. The summed E-state index contributed by atoms with van der Waals surface area (Å²) in [6.07, 6.45) is 3.26. The number of hydrogen-bond acceptors (Lipinski definition) is 2. The molecule has 0 aliphatic carbocycles. The third-order valence-electron chi connectivity index (χ3n) is 2.47. The molecule has 0 bridgehead atoms. The highest BCUT2D eigenvalue weighted by molar-refractivity contribution is 5.81. The Bertz CT molecular complexity index is 168. The van der Waals surface area contributed by atoms with Crippen molar-refractivity contribution >= 4 is 5.91 Å². The van der Waals surface area contributed by atoms with Crippen molar-refractivity contribution in [2.45, 2.75) is 38.3 Å². The summed E-state index contributed by atoms with van der Waals surface area (Å²) in [5, 5.41) is 3.33. The number of carbonyl (C=O) groups is 1. The monoisotopic (exact) mass is 170 g/mol. The zero-order chi connectivity index (χ0) is 9.14. The van der Waals surface area contributed by atoms with Gasteiger partial charge < -0.3 is 10.2 Å². The molecule has 2 unspecified atom stereocenters. The number of amides is 1. The van der Waals surface area contributed by atoms with Gasteiger partial charge in [-0.15, -0.1) is 0 Å². The summed E-state index contributed by atoms with van der Waals surface area (Å²) < 4.78 is 0. The van der Waals surface area contributed by atoms with Gasteiger partial charge in [0.05, 0.1) is 6.04 Å². The fraction of sp³-hybridized carbons (Fsp3) is 0.889. The highest BCUT2D eigenvalue weighted by atomic mass is 16.2. The number of nitrogens with zero attached hydrogens (tertiary/aromatic N) is 1. The average molecular weight is 170 g/mol. The van der Waals surface area contributed by atoms with Gasteiger partial charge >= 0.3 is 0 Å². The minimum absolute atomic E-state index is 0.0740. The molecule has 0 spiro atoms. The van der Waals surface area contributed by atoms with E-state index >= 15 is 0 Å². The quantitative estimate of drug-likeness (QED) is 0.658. The van der Waals surface area contributed by atoms with Gasteiger partial charge in [-0.3, -0.25) is 4.79 Å². The van der Waals surface area contributed by atoms with E-state index < -0.39 is 0 Å². The van der Waals surface area contributed by atoms with E-state index in [1.807, 2.05) is 14.1 Å². The topological polar surface area (TPSA) is 32.3 Å². The van der Waals surface area contributed by atoms with Gasteiger partial charge in [0.15, 0.2) is 0 Å². The van der Waals surface area contributed by atoms with Crippen molar-refractivity contribution in [2.75, 3.05) is 14.1 Å². The van der Waals surface area contributed by atoms with Crippen molar-refractivity contribution in [1.82, 2.24) is 10.2 Å². The fourth-order valence-electron chi connectivity index (χ4n) is 1.65. The Morgan fingerprint density at radius 3 is 2.58 bits per heavy atom. The van der Waals surface area contributed by atoms with Gasteiger partial charge in [0.1, 0.15) is 0 Å². The number of hydrogen-bond donors (Lipinski definition) is 1. The molecule has 0 aromatic heterocycles. The lowest BCUT2D eigenvalue weighted by molar-refractivity contribution is -0.130. The SMILES string of the molecule is CCC1CCC(C(=O)N(C)C)N1. The Labute approximate surface area is 74.1 Å². The third kappa shape index (κ3) is 1.97. The molecule has 1 heterocycles. The first-order chi connectivity index (χ1) is 5.65. The molecular formula is C9H18N2O. The van der Waals surface area contributed by atoms with Crippen LogP contribution in [0.4, 0.5) is 0 Å². The lowest BCUT2D eigenvalue weighted by Crippen LogP contribution is -2.41. The Morgan fingerprint density at radius 2 is 2.17 bits per heavy atom. The van der Waals surface area contributed by atoms with Crippen molar-refractivity contribution in [3.8, 4) is 0 Å². The lowest BCUT2D eigenvalue weighted by atomic mass is 10.1. The van der Waals surface area contributed by atoms with Gasteiger partial charge in [0.2, 0.25) is 5.91 Å². The minimum Gasteiger partial charge on any atom is -0.347 e. The number of carbonyl (C=O) groups excluding carboxylic acids is 1. The molecule has 0 aromatic carbocycles. The first-order valence-corrected chi connectivity index (χ1v) is 4.62. The van der Waals surface area contributed by atoms with E-state index in [1.54, 1.807) is 4.90 Å². The summed E-state index contributed by atoms with van der Waals surface area (Å²) in [6.45, 7) is 2.15. The summed E-state index contributed by atoms with van der Waals surface area (Å²) in [5.41, 5.74) is 0. The second-order valence-electron chi connectivity index (χ2n) is 3.63. The molecule has 0 aromatic rings. The second kappa shape index (κ2) is 3.90. The summed E-state index contributed by atoms with van der Waals surface area (Å²) in [5.74, 6) is 0.214. The lowest BCUT2D eigenvalue weighted by Gasteiger charge is -2.17. The average Bonchev–Trinajstić information content (AvgIpc) is 2.50. The summed E-state index contributed by atoms with van der Waals surface area (Å²) in [6, 6.07) is 0.629. The predicted octanol–water partition coefficient (Wildman–Crippen LogP) is 0.605. The fourth-order valence-corrected chi connectivity index (χ4v) is 1.65. The van der Waals surface area contributed by atoms with Gasteiger partial charge in [-0.1, -0.05) is 6.92 Å². The minimum atomic E-state index is 0.0740. The molecule has 1 N–H and O–H groups in total. The van der Waals surface area contributed by atoms with Crippen LogP contribution in [0.15, 0.2) is 0 Å². The smallest absolute Gasteiger partial charge is 0.239 e. The van der Waals surface area contributed by atoms with E-state index in [0.717, 1.165) is 19.3 Å². The van der Waals surface area contributed by atoms with E-state index in [4.69, 9.17) is 0 Å². The highest BCUT2D eigenvalue weighted by Crippen LogP contribution is 2.15. The standard InChI is InChI=1S/C9H18N2O/c1-4-7-5-6-8(10-7)9(12)11(2)3/h7-8,10H,4-6H2,1-3H3. The van der Waals surface area contributed by atoms with E-state index in [-0.39, 0.29) is 11.9 Å². The molecule has 70 valence electrons. The van der Waals surface area contributed by atoms with Crippen LogP contribution >= 0.6 is 0 Å². The normalized spacial score (nSPS) is 28.9. The van der Waals surface area contributed by atoms with Gasteiger partial charge in [-0.25, -0.2) is 0 Å². The van der Waals surface area contributed by atoms with Crippen LogP contribution in [0.3, 0.4) is 0 Å². The van der Waals surface area contributed by atoms with Crippen LogP contribution in [0.25, 0.3) is 0 Å². The summed E-state index contributed by atoms with van der Waals surface area (Å²) in [7, 11) is 3.62. The van der Waals surface area contributed by atoms with Gasteiger partial charge in [0.25, 0.3) is 0 Å². The van der Waals surface area contributed by atoms with Crippen LogP contribution in [0.1, 0.15) is 26.2 Å². The van der Waals surface area contributed by atoms with E-state index in [1.165, 1.54) is 0 Å². The second-order valence-corrected chi connectivity index (χ2v) is 3.63. The zero-order valence-corrected chi connectivity index (χ0v) is 8.13. The highest BCUT2D eigenvalue weighted by Gasteiger charge is 2.28. The zero-order valence-electron chi connectivity index (χ0n) is 8.13. The Balaban J connectivity index is 2.41. The molecule has 1 fully saturated rings. The molecule has 12 heavy (non-hydrogen) atoms. The molecule has 1 rings (SSSR count). The van der Waals surface area contributed by atoms with Gasteiger partial charge in [0, 0.05) is 20.1 Å². The van der Waals surface area contributed by atoms with Crippen LogP contribution in [-0.4, -0.2) is 37.0 Å². The molecular weight excluding hydrogens is 152 g/mol. The van der Waals surface area contributed by atoms with Crippen LogP contribution < -0.4 is 5.32 Å². The number of rotatable bonds is 2. The number of nitrogens with one attached hydrogen (secondary N) is 1. The molecule has 1 aliphatic rings. The molecule has 3 heteroatoms. The Kier molecular flexibility index (Phi) is 3.09. The number of likely N-dealkylation sites (N-methyl/N-ethyl adjacent to an activating group) is 1. The van der Waals surface area contributed by atoms with Crippen LogP contribution in [0, 0.1) is 0 Å². The van der Waals surface area contributed by atoms with Crippen LogP contribution in [-0.2, 0) is 4.79 Å². The molecule has 1 aliphatic heterocycles. The van der Waals surface area contributed by atoms with Gasteiger partial charge in [-0.2, -0.15) is 0 Å². The van der Waals surface area contributed by atoms with E-state index in [2.05, 4.69) is 12.2 Å². The summed E-state index contributed by atoms with van der Waals surface area (Å²) in [4.78, 5) is 13.1. The van der Waals surface area contributed by atoms with Crippen molar-refractivity contribution < 1.29 is 4.79 Å². The Hall–Kier alpha value is -0.570. The molecule has 1 saturated heterocycles. The maximum atomic E-state index is 11.5. The summed E-state index contributed by atoms with van der Waals surface area (Å²) >= 11 is 0. The third-order valence-corrected chi connectivity index (χ3v) is 2.47. The van der Waals surface area contributed by atoms with Crippen molar-refractivity contribution in [3.05, 3.63) is 0 Å². The molecule has 2 atom stereocenters. The largest absolute Gasteiger partial charge is 0.347 e. The van der Waals surface area contributed by atoms with Crippen LogP contribution in [0.2, 0.25) is 0 Å². The molecule has 3 nitrogen and oxygen atoms in total. The van der Waals surface area contributed by atoms with Crippen molar-refractivity contribution in [3.63, 3.8) is 0 Å². The maximum Gasteiger partial charge on any atom is 0.239 e. The predicted molar refractivity (Wildman–Crippen MR) is 48.9 cm³/mol. The maximum absolute atomic E-state index is 11.5. The van der Waals surface area contributed by atoms with Crippen molar-refractivity contribution in [2.24, 2.45) is 0 Å². The van der Waals surface area contributed by atoms with E-state index in [9.17, 15) is 4.79 Å². The Morgan fingerprint density at radius 1 is 1.50 bits per heavy atom. The molecule has 1 amide bonds. The molecule has 0 radical (unpaired) electrons. The first kappa shape index (κ1) is 9.52. The van der Waals surface area contributed by atoms with Crippen molar-refractivity contribution in [1.29, 1.82) is 0 Å². The van der Waals surface area contributed by atoms with Crippen LogP contribution in [0.5, 0.6) is 0 Å². The van der Waals surface area contributed by atoms with E-state index in [0.29, 0.717) is 6.04 Å².